The van der Waals surface area contributed by atoms with Crippen molar-refractivity contribution in [3.05, 3.63) is 65.5 Å². The maximum atomic E-state index is 13.5. The smallest absolute Gasteiger partial charge is 0.404 e. The van der Waals surface area contributed by atoms with E-state index < -0.39 is 16.1 Å². The lowest BCUT2D eigenvalue weighted by atomic mass is 10.0. The number of hydrogen-bond donors (Lipinski definition) is 2. The fourth-order valence-corrected chi connectivity index (χ4v) is 5.75. The number of carboxylic acid groups (broad SMARTS) is 1. The second-order valence-electron chi connectivity index (χ2n) is 7.32. The van der Waals surface area contributed by atoms with Gasteiger partial charge in [0.15, 0.2) is 0 Å². The Morgan fingerprint density at radius 2 is 1.79 bits per heavy atom. The van der Waals surface area contributed by atoms with Crippen molar-refractivity contribution in [2.24, 2.45) is 0 Å². The maximum absolute atomic E-state index is 13.5. The molecule has 0 radical (unpaired) electrons. The monoisotopic (exact) mass is 420 g/mol. The molecule has 3 rings (SSSR count). The summed E-state index contributed by atoms with van der Waals surface area (Å²) in [4.78, 5) is 10.9. The van der Waals surface area contributed by atoms with Crippen LogP contribution in [0.5, 0.6) is 0 Å². The Morgan fingerprint density at radius 3 is 2.41 bits per heavy atom. The number of benzene rings is 2. The summed E-state index contributed by atoms with van der Waals surface area (Å²) in [5.74, 6) is -0.365. The van der Waals surface area contributed by atoms with Crippen molar-refractivity contribution in [1.29, 1.82) is 0 Å². The lowest BCUT2D eigenvalue weighted by Crippen LogP contribution is -2.38. The molecule has 8 heteroatoms. The average molecular weight is 421 g/mol. The van der Waals surface area contributed by atoms with Gasteiger partial charge in [0.05, 0.1) is 10.9 Å². The summed E-state index contributed by atoms with van der Waals surface area (Å²) in [7, 11) is -3.76. The van der Waals surface area contributed by atoms with Gasteiger partial charge in [0.1, 0.15) is 5.82 Å². The first kappa shape index (κ1) is 21.3. The van der Waals surface area contributed by atoms with Crippen LogP contribution in [-0.2, 0) is 10.0 Å². The molecule has 1 amide bonds. The Hall–Kier alpha value is -2.45. The Balaban J connectivity index is 1.89. The highest BCUT2D eigenvalue weighted by atomic mass is 32.2. The normalized spacial score (nSPS) is 19.9. The van der Waals surface area contributed by atoms with E-state index in [1.165, 1.54) is 16.4 Å². The molecular weight excluding hydrogens is 395 g/mol. The molecule has 0 bridgehead atoms. The number of carbonyl (C=O) groups is 1. The van der Waals surface area contributed by atoms with Crippen LogP contribution >= 0.6 is 0 Å². The van der Waals surface area contributed by atoms with Gasteiger partial charge in [-0.25, -0.2) is 17.6 Å². The zero-order valence-corrected chi connectivity index (χ0v) is 17.0. The van der Waals surface area contributed by atoms with Crippen LogP contribution in [0.2, 0.25) is 0 Å². The number of nitrogens with one attached hydrogen (secondary N) is 1. The van der Waals surface area contributed by atoms with Gasteiger partial charge in [-0.15, -0.1) is 0 Å². The highest BCUT2D eigenvalue weighted by Crippen LogP contribution is 2.42. The van der Waals surface area contributed by atoms with Crippen molar-refractivity contribution >= 4 is 16.1 Å². The van der Waals surface area contributed by atoms with E-state index in [9.17, 15) is 17.6 Å². The number of halogens is 1. The van der Waals surface area contributed by atoms with Crippen LogP contribution in [0.1, 0.15) is 42.9 Å². The van der Waals surface area contributed by atoms with Gasteiger partial charge >= 0.3 is 6.09 Å². The Morgan fingerprint density at radius 1 is 1.14 bits per heavy atom. The summed E-state index contributed by atoms with van der Waals surface area (Å²) in [5.41, 5.74) is 1.73. The summed E-state index contributed by atoms with van der Waals surface area (Å²) < 4.78 is 41.9. The van der Waals surface area contributed by atoms with E-state index in [0.717, 1.165) is 11.1 Å². The largest absolute Gasteiger partial charge is 0.465 e. The zero-order valence-electron chi connectivity index (χ0n) is 16.2. The molecule has 2 aromatic carbocycles. The van der Waals surface area contributed by atoms with Crippen LogP contribution in [-0.4, -0.2) is 36.5 Å². The van der Waals surface area contributed by atoms with E-state index in [1.54, 1.807) is 36.4 Å². The molecule has 156 valence electrons. The van der Waals surface area contributed by atoms with E-state index in [0.29, 0.717) is 25.7 Å². The standard InChI is InChI=1S/C21H25FN2O4S/c1-15-4-11-19(12-5-15)29(27,28)24-18(3-2-14-23-21(25)26)10-13-20(24)16-6-8-17(22)9-7-16/h4-9,11-12,18,20,23H,2-3,10,13-14H2,1H3,(H,25,26). The fourth-order valence-electron chi connectivity index (χ4n) is 3.86. The minimum absolute atomic E-state index is 0.228. The highest BCUT2D eigenvalue weighted by Gasteiger charge is 2.42. The summed E-state index contributed by atoms with van der Waals surface area (Å²) in [5, 5.41) is 11.0. The molecule has 1 aliphatic heterocycles. The molecule has 1 aliphatic rings. The molecule has 29 heavy (non-hydrogen) atoms. The summed E-state index contributed by atoms with van der Waals surface area (Å²) in [6, 6.07) is 12.1. The first-order valence-corrected chi connectivity index (χ1v) is 11.1. The number of aryl methyl sites for hydroxylation is 1. The summed E-state index contributed by atoms with van der Waals surface area (Å²) in [6.07, 6.45) is 1.29. The van der Waals surface area contributed by atoms with Crippen molar-refractivity contribution < 1.29 is 22.7 Å². The number of rotatable bonds is 7. The quantitative estimate of drug-likeness (QED) is 0.661. The molecule has 0 aromatic heterocycles. The van der Waals surface area contributed by atoms with Gasteiger partial charge in [-0.1, -0.05) is 29.8 Å². The minimum Gasteiger partial charge on any atom is -0.465 e. The Bertz CT molecular complexity index is 946. The maximum Gasteiger partial charge on any atom is 0.404 e. The van der Waals surface area contributed by atoms with Crippen molar-refractivity contribution in [3.8, 4) is 0 Å². The van der Waals surface area contributed by atoms with Crippen LogP contribution in [0, 0.1) is 12.7 Å². The van der Waals surface area contributed by atoms with Gasteiger partial charge in [0.2, 0.25) is 10.0 Å². The molecule has 0 saturated carbocycles. The van der Waals surface area contributed by atoms with Crippen molar-refractivity contribution in [3.63, 3.8) is 0 Å². The molecule has 0 aliphatic carbocycles. The first-order chi connectivity index (χ1) is 13.8. The van der Waals surface area contributed by atoms with Gasteiger partial charge in [-0.3, -0.25) is 0 Å². The van der Waals surface area contributed by atoms with Gasteiger partial charge in [0, 0.05) is 12.6 Å². The van der Waals surface area contributed by atoms with Gasteiger partial charge in [-0.2, -0.15) is 4.31 Å². The number of nitrogens with zero attached hydrogens (tertiary/aromatic N) is 1. The van der Waals surface area contributed by atoms with Gasteiger partial charge in [0.25, 0.3) is 0 Å². The summed E-state index contributed by atoms with van der Waals surface area (Å²) in [6.45, 7) is 2.16. The highest BCUT2D eigenvalue weighted by molar-refractivity contribution is 7.89. The molecule has 2 atom stereocenters. The van der Waals surface area contributed by atoms with Crippen molar-refractivity contribution in [1.82, 2.24) is 9.62 Å². The lowest BCUT2D eigenvalue weighted by Gasteiger charge is -2.30. The zero-order chi connectivity index (χ0) is 21.0. The molecular formula is C21H25FN2O4S. The minimum atomic E-state index is -3.76. The average Bonchev–Trinajstić information content (AvgIpc) is 3.11. The SMILES string of the molecule is Cc1ccc(S(=O)(=O)N2C(CCCNC(=O)O)CCC2c2ccc(F)cc2)cc1. The molecule has 2 aromatic rings. The molecule has 1 saturated heterocycles. The van der Waals surface area contributed by atoms with E-state index in [2.05, 4.69) is 5.32 Å². The van der Waals surface area contributed by atoms with Crippen LogP contribution < -0.4 is 5.32 Å². The van der Waals surface area contributed by atoms with Crippen LogP contribution in [0.3, 0.4) is 0 Å². The predicted molar refractivity (Wildman–Crippen MR) is 108 cm³/mol. The fraction of sp³-hybridized carbons (Fsp3) is 0.381. The number of sulfonamides is 1. The molecule has 1 fully saturated rings. The predicted octanol–water partition coefficient (Wildman–Crippen LogP) is 4.08. The topological polar surface area (TPSA) is 86.7 Å². The van der Waals surface area contributed by atoms with Crippen LogP contribution in [0.25, 0.3) is 0 Å². The third kappa shape index (κ3) is 4.94. The van der Waals surface area contributed by atoms with Gasteiger partial charge in [-0.05, 0) is 62.4 Å². The van der Waals surface area contributed by atoms with Crippen LogP contribution in [0.15, 0.2) is 53.4 Å². The molecule has 6 nitrogen and oxygen atoms in total. The van der Waals surface area contributed by atoms with Crippen molar-refractivity contribution in [2.45, 2.75) is 49.6 Å². The summed E-state index contributed by atoms with van der Waals surface area (Å²) >= 11 is 0. The molecule has 2 unspecified atom stereocenters. The van der Waals surface area contributed by atoms with Crippen molar-refractivity contribution in [2.75, 3.05) is 6.54 Å². The molecule has 0 spiro atoms. The molecule has 1 heterocycles. The van der Waals surface area contributed by atoms with E-state index in [1.807, 2.05) is 6.92 Å². The second-order valence-corrected chi connectivity index (χ2v) is 9.16. The van der Waals surface area contributed by atoms with E-state index >= 15 is 0 Å². The van der Waals surface area contributed by atoms with E-state index in [-0.39, 0.29) is 29.3 Å². The Labute approximate surface area is 170 Å². The lowest BCUT2D eigenvalue weighted by molar-refractivity contribution is 0.193. The number of hydrogen-bond acceptors (Lipinski definition) is 3. The third-order valence-corrected chi connectivity index (χ3v) is 7.26. The first-order valence-electron chi connectivity index (χ1n) is 9.61. The molecule has 2 N–H and O–H groups in total. The van der Waals surface area contributed by atoms with E-state index in [4.69, 9.17) is 5.11 Å². The number of amides is 1. The van der Waals surface area contributed by atoms with Gasteiger partial charge < -0.3 is 10.4 Å². The third-order valence-electron chi connectivity index (χ3n) is 5.28. The van der Waals surface area contributed by atoms with Crippen LogP contribution in [0.4, 0.5) is 9.18 Å². The second kappa shape index (κ2) is 8.92. The Kier molecular flexibility index (Phi) is 6.54.